The molecule has 1 aromatic carbocycles. The minimum Gasteiger partial charge on any atom is -0.478 e. The van der Waals surface area contributed by atoms with Crippen LogP contribution in [0.5, 0.6) is 0 Å². The van der Waals surface area contributed by atoms with Crippen LogP contribution in [0, 0.1) is 0 Å². The summed E-state index contributed by atoms with van der Waals surface area (Å²) in [5, 5.41) is 8.17. The lowest BCUT2D eigenvalue weighted by molar-refractivity contribution is -0.134. The Hall–Kier alpha value is -1.73. The summed E-state index contributed by atoms with van der Waals surface area (Å²) in [6, 6.07) is 5.76. The van der Waals surface area contributed by atoms with Gasteiger partial charge in [0.2, 0.25) is 5.91 Å². The third-order valence-corrected chi connectivity index (χ3v) is 4.91. The molecule has 1 aliphatic rings. The zero-order valence-corrected chi connectivity index (χ0v) is 12.5. The van der Waals surface area contributed by atoms with Crippen LogP contribution in [0.3, 0.4) is 0 Å². The van der Waals surface area contributed by atoms with E-state index in [0.717, 1.165) is 0 Å². The number of aromatic carboxylic acids is 1. The van der Waals surface area contributed by atoms with Gasteiger partial charge in [-0.1, -0.05) is 0 Å². The first-order chi connectivity index (χ1) is 10.0. The summed E-state index contributed by atoms with van der Waals surface area (Å²) in [6.45, 7) is 3.65. The fraction of sp³-hybridized carbons (Fsp3) is 0.429. The van der Waals surface area contributed by atoms with Crippen LogP contribution in [0.15, 0.2) is 29.2 Å². The summed E-state index contributed by atoms with van der Waals surface area (Å²) >= 11 is 0. The van der Waals surface area contributed by atoms with Crippen molar-refractivity contribution in [3.63, 3.8) is 0 Å². The maximum absolute atomic E-state index is 12.4. The third kappa shape index (κ3) is 3.68. The van der Waals surface area contributed by atoms with Crippen LogP contribution in [-0.4, -0.2) is 57.6 Å². The van der Waals surface area contributed by atoms with Crippen molar-refractivity contribution in [1.29, 1.82) is 0 Å². The fourth-order valence-corrected chi connectivity index (χ4v) is 3.21. The molecular weight excluding hydrogens is 294 g/mol. The molecule has 2 atom stereocenters. The van der Waals surface area contributed by atoms with Crippen molar-refractivity contribution >= 4 is 22.7 Å². The van der Waals surface area contributed by atoms with Crippen LogP contribution >= 0.6 is 0 Å². The molecule has 6 nitrogen and oxygen atoms in total. The predicted molar refractivity (Wildman–Crippen MR) is 76.7 cm³/mol. The lowest BCUT2D eigenvalue weighted by Gasteiger charge is -2.29. The molecule has 0 spiro atoms. The van der Waals surface area contributed by atoms with E-state index < -0.39 is 22.0 Å². The van der Waals surface area contributed by atoms with Crippen LogP contribution in [0.4, 0.5) is 0 Å². The number of rotatable bonds is 4. The lowest BCUT2D eigenvalue weighted by Crippen LogP contribution is -2.45. The summed E-state index contributed by atoms with van der Waals surface area (Å²) in [4.78, 5) is 25.2. The minimum absolute atomic E-state index is 0.128. The van der Waals surface area contributed by atoms with Gasteiger partial charge in [0.05, 0.1) is 29.6 Å². The van der Waals surface area contributed by atoms with Gasteiger partial charge >= 0.3 is 5.97 Å². The van der Waals surface area contributed by atoms with Gasteiger partial charge in [0.1, 0.15) is 5.25 Å². The predicted octanol–water partition coefficient (Wildman–Crippen LogP) is 0.740. The molecule has 2 unspecified atom stereocenters. The van der Waals surface area contributed by atoms with Gasteiger partial charge in [0.15, 0.2) is 0 Å². The number of carbonyl (C=O) groups excluding carboxylic acids is 1. The molecule has 2 rings (SSSR count). The molecule has 1 aromatic rings. The highest BCUT2D eigenvalue weighted by Gasteiger charge is 2.27. The number of hydrogen-bond donors (Lipinski definition) is 1. The minimum atomic E-state index is -1.51. The molecule has 0 aromatic heterocycles. The van der Waals surface area contributed by atoms with Crippen molar-refractivity contribution in [2.45, 2.75) is 17.1 Å². The van der Waals surface area contributed by atoms with Crippen molar-refractivity contribution in [2.75, 3.05) is 26.3 Å². The van der Waals surface area contributed by atoms with Gasteiger partial charge in [0.25, 0.3) is 0 Å². The number of ether oxygens (including phenoxy) is 1. The van der Waals surface area contributed by atoms with Gasteiger partial charge in [-0.25, -0.2) is 4.79 Å². The SMILES string of the molecule is CC(C(=O)N1CCOCC1)S(=O)c1ccc(C(=O)O)cc1. The smallest absolute Gasteiger partial charge is 0.335 e. The van der Waals surface area contributed by atoms with Crippen LogP contribution < -0.4 is 0 Å². The number of benzene rings is 1. The van der Waals surface area contributed by atoms with E-state index in [1.807, 2.05) is 0 Å². The average molecular weight is 311 g/mol. The molecule has 0 bridgehead atoms. The topological polar surface area (TPSA) is 83.9 Å². The Morgan fingerprint density at radius 3 is 2.33 bits per heavy atom. The Kier molecular flexibility index (Phi) is 5.08. The highest BCUT2D eigenvalue weighted by Crippen LogP contribution is 2.15. The van der Waals surface area contributed by atoms with E-state index in [1.54, 1.807) is 11.8 Å². The number of nitrogens with zero attached hydrogens (tertiary/aromatic N) is 1. The molecule has 21 heavy (non-hydrogen) atoms. The Morgan fingerprint density at radius 2 is 1.81 bits per heavy atom. The molecule has 0 radical (unpaired) electrons. The third-order valence-electron chi connectivity index (χ3n) is 3.33. The van der Waals surface area contributed by atoms with E-state index in [2.05, 4.69) is 0 Å². The largest absolute Gasteiger partial charge is 0.478 e. The molecule has 0 saturated carbocycles. The summed E-state index contributed by atoms with van der Waals surface area (Å²) in [5.41, 5.74) is 0.128. The molecule has 7 heteroatoms. The van der Waals surface area contributed by atoms with Crippen molar-refractivity contribution in [3.8, 4) is 0 Å². The normalized spacial score (nSPS) is 18.0. The first kappa shape index (κ1) is 15.7. The summed E-state index contributed by atoms with van der Waals surface area (Å²) in [5.74, 6) is -1.20. The maximum atomic E-state index is 12.4. The first-order valence-corrected chi connectivity index (χ1v) is 7.82. The second-order valence-corrected chi connectivity index (χ2v) is 6.48. The molecule has 1 saturated heterocycles. The maximum Gasteiger partial charge on any atom is 0.335 e. The van der Waals surface area contributed by atoms with Gasteiger partial charge in [-0.15, -0.1) is 0 Å². The zero-order chi connectivity index (χ0) is 15.4. The molecule has 1 N–H and O–H groups in total. The van der Waals surface area contributed by atoms with Gasteiger partial charge in [-0.2, -0.15) is 0 Å². The van der Waals surface area contributed by atoms with Gasteiger partial charge in [-0.05, 0) is 31.2 Å². The Bertz CT molecular complexity index is 551. The number of hydrogen-bond acceptors (Lipinski definition) is 4. The molecule has 1 fully saturated rings. The van der Waals surface area contributed by atoms with E-state index >= 15 is 0 Å². The zero-order valence-electron chi connectivity index (χ0n) is 11.7. The monoisotopic (exact) mass is 311 g/mol. The van der Waals surface area contributed by atoms with Crippen LogP contribution in [0.25, 0.3) is 0 Å². The molecule has 1 heterocycles. The molecular formula is C14H17NO5S. The van der Waals surface area contributed by atoms with Crippen molar-refractivity contribution in [2.24, 2.45) is 0 Å². The molecule has 1 aliphatic heterocycles. The van der Waals surface area contributed by atoms with E-state index in [0.29, 0.717) is 31.2 Å². The van der Waals surface area contributed by atoms with Crippen LogP contribution in [0.1, 0.15) is 17.3 Å². The van der Waals surface area contributed by atoms with E-state index in [1.165, 1.54) is 24.3 Å². The quantitative estimate of drug-likeness (QED) is 0.886. The molecule has 0 aliphatic carbocycles. The second kappa shape index (κ2) is 6.82. The van der Waals surface area contributed by atoms with Crippen LogP contribution in [-0.2, 0) is 20.3 Å². The highest BCUT2D eigenvalue weighted by atomic mass is 32.2. The van der Waals surface area contributed by atoms with Crippen molar-refractivity contribution < 1.29 is 23.6 Å². The first-order valence-electron chi connectivity index (χ1n) is 6.61. The van der Waals surface area contributed by atoms with Gasteiger partial charge in [-0.3, -0.25) is 9.00 Å². The van der Waals surface area contributed by atoms with Crippen molar-refractivity contribution in [1.82, 2.24) is 4.90 Å². The van der Waals surface area contributed by atoms with Crippen LogP contribution in [0.2, 0.25) is 0 Å². The Morgan fingerprint density at radius 1 is 1.24 bits per heavy atom. The number of carboxylic acid groups (broad SMARTS) is 1. The number of carboxylic acids is 1. The summed E-state index contributed by atoms with van der Waals surface area (Å²) < 4.78 is 17.6. The lowest BCUT2D eigenvalue weighted by atomic mass is 10.2. The Labute approximate surface area is 125 Å². The molecule has 1 amide bonds. The highest BCUT2D eigenvalue weighted by molar-refractivity contribution is 7.86. The van der Waals surface area contributed by atoms with Gasteiger partial charge in [0, 0.05) is 18.0 Å². The average Bonchev–Trinajstić information content (AvgIpc) is 2.53. The summed E-state index contributed by atoms with van der Waals surface area (Å²) in [7, 11) is -1.51. The van der Waals surface area contributed by atoms with E-state index in [-0.39, 0.29) is 11.5 Å². The van der Waals surface area contributed by atoms with Gasteiger partial charge < -0.3 is 14.7 Å². The van der Waals surface area contributed by atoms with E-state index in [9.17, 15) is 13.8 Å². The number of carbonyl (C=O) groups is 2. The fourth-order valence-electron chi connectivity index (χ4n) is 2.07. The summed E-state index contributed by atoms with van der Waals surface area (Å²) in [6.07, 6.45) is 0. The Balaban J connectivity index is 2.07. The number of morpholine rings is 1. The standard InChI is InChI=1S/C14H17NO5S/c1-10(13(16)15-6-8-20-9-7-15)21(19)12-4-2-11(3-5-12)14(17)18/h2-5,10H,6-9H2,1H3,(H,17,18). The van der Waals surface area contributed by atoms with Crippen molar-refractivity contribution in [3.05, 3.63) is 29.8 Å². The molecule has 114 valence electrons. The number of amides is 1. The second-order valence-electron chi connectivity index (χ2n) is 4.71. The van der Waals surface area contributed by atoms with E-state index in [4.69, 9.17) is 9.84 Å².